The highest BCUT2D eigenvalue weighted by molar-refractivity contribution is 7.99. The summed E-state index contributed by atoms with van der Waals surface area (Å²) in [5, 5.41) is 23.8. The predicted octanol–water partition coefficient (Wildman–Crippen LogP) is 1.22. The molecule has 1 heterocycles. The number of thioether (sulfide) groups is 1. The molecular weight excluding hydrogens is 262 g/mol. The number of nitrogens with one attached hydrogen (secondary N) is 1. The molecule has 19 heavy (non-hydrogen) atoms. The number of hydrogen-bond donors (Lipinski definition) is 1. The van der Waals surface area contributed by atoms with E-state index in [1.165, 1.54) is 18.0 Å². The fourth-order valence-corrected chi connectivity index (χ4v) is 2.59. The van der Waals surface area contributed by atoms with Crippen LogP contribution >= 0.6 is 11.8 Å². The van der Waals surface area contributed by atoms with Crippen LogP contribution < -0.4 is 10.0 Å². The molecule has 1 unspecified atom stereocenters. The number of amides is 1. The first-order valence-corrected chi connectivity index (χ1v) is 7.07. The predicted molar refractivity (Wildman–Crippen MR) is 71.0 cm³/mol. The number of nitrogens with zero attached hydrogens (tertiary/aromatic N) is 2. The normalized spacial score (nSPS) is 17.3. The van der Waals surface area contributed by atoms with Crippen molar-refractivity contribution in [3.05, 3.63) is 29.6 Å². The molecule has 0 aliphatic heterocycles. The number of aromatic nitrogens is 1. The maximum absolute atomic E-state index is 11.8. The Morgan fingerprint density at radius 1 is 1.68 bits per heavy atom. The average molecular weight is 277 g/mol. The van der Waals surface area contributed by atoms with Crippen LogP contribution in [-0.2, 0) is 4.79 Å². The lowest BCUT2D eigenvalue weighted by atomic mass is 9.98. The topological polar surface area (TPSA) is 79.8 Å². The molecular formula is C13H15N3O2S. The first kappa shape index (κ1) is 13.7. The van der Waals surface area contributed by atoms with Crippen molar-refractivity contribution in [1.29, 1.82) is 5.26 Å². The second-order valence-electron chi connectivity index (χ2n) is 4.79. The maximum atomic E-state index is 11.8. The zero-order valence-electron chi connectivity index (χ0n) is 10.6. The van der Waals surface area contributed by atoms with E-state index in [-0.39, 0.29) is 17.6 Å². The molecule has 0 radical (unpaired) electrons. The first-order chi connectivity index (χ1) is 9.05. The van der Waals surface area contributed by atoms with Gasteiger partial charge < -0.3 is 10.5 Å². The molecule has 1 saturated carbocycles. The van der Waals surface area contributed by atoms with Crippen LogP contribution in [0.25, 0.3) is 0 Å². The third-order valence-electron chi connectivity index (χ3n) is 3.16. The van der Waals surface area contributed by atoms with Gasteiger partial charge in [0.1, 0.15) is 5.54 Å². The standard InChI is InChI=1S/C13H15N3O2S/c1-13(9-14,10-5-6-10)15-11(17)8-19-12-4-2-3-7-16(12)18/h2-4,7,10H,5-6,8H2,1H3,(H,15,17). The molecule has 5 nitrogen and oxygen atoms in total. The highest BCUT2D eigenvalue weighted by atomic mass is 32.2. The van der Waals surface area contributed by atoms with Crippen LogP contribution in [0, 0.1) is 22.5 Å². The molecule has 2 rings (SSSR count). The van der Waals surface area contributed by atoms with Crippen LogP contribution in [0.15, 0.2) is 29.4 Å². The monoisotopic (exact) mass is 277 g/mol. The van der Waals surface area contributed by atoms with Crippen molar-refractivity contribution in [3.8, 4) is 6.07 Å². The van der Waals surface area contributed by atoms with Gasteiger partial charge in [0.15, 0.2) is 6.20 Å². The lowest BCUT2D eigenvalue weighted by Crippen LogP contribution is -2.47. The van der Waals surface area contributed by atoms with E-state index in [9.17, 15) is 10.0 Å². The fraction of sp³-hybridized carbons (Fsp3) is 0.462. The van der Waals surface area contributed by atoms with E-state index in [4.69, 9.17) is 5.26 Å². The summed E-state index contributed by atoms with van der Waals surface area (Å²) in [7, 11) is 0. The van der Waals surface area contributed by atoms with E-state index in [0.29, 0.717) is 5.03 Å². The van der Waals surface area contributed by atoms with E-state index in [1.54, 1.807) is 25.1 Å². The molecule has 100 valence electrons. The average Bonchev–Trinajstić information content (AvgIpc) is 3.22. The van der Waals surface area contributed by atoms with Gasteiger partial charge in [0.25, 0.3) is 5.03 Å². The smallest absolute Gasteiger partial charge is 0.251 e. The fourth-order valence-electron chi connectivity index (χ4n) is 1.87. The summed E-state index contributed by atoms with van der Waals surface area (Å²) < 4.78 is 0.725. The van der Waals surface area contributed by atoms with E-state index in [2.05, 4.69) is 11.4 Å². The molecule has 0 spiro atoms. The summed E-state index contributed by atoms with van der Waals surface area (Å²) in [6.07, 6.45) is 3.36. The van der Waals surface area contributed by atoms with Crippen LogP contribution in [0.2, 0.25) is 0 Å². The number of rotatable bonds is 5. The highest BCUT2D eigenvalue weighted by Gasteiger charge is 2.42. The lowest BCUT2D eigenvalue weighted by molar-refractivity contribution is -0.645. The largest absolute Gasteiger partial charge is 0.618 e. The molecule has 1 aromatic heterocycles. The van der Waals surface area contributed by atoms with E-state index in [0.717, 1.165) is 17.6 Å². The zero-order chi connectivity index (χ0) is 13.9. The molecule has 1 aliphatic rings. The Balaban J connectivity index is 1.88. The number of carbonyl (C=O) groups is 1. The van der Waals surface area contributed by atoms with Gasteiger partial charge in [-0.2, -0.15) is 9.99 Å². The summed E-state index contributed by atoms with van der Waals surface area (Å²) in [4.78, 5) is 11.8. The van der Waals surface area contributed by atoms with Crippen LogP contribution in [-0.4, -0.2) is 17.2 Å². The SMILES string of the molecule is CC(C#N)(NC(=O)CSc1cccc[n+]1[O-])C1CC1. The summed E-state index contributed by atoms with van der Waals surface area (Å²) in [6, 6.07) is 7.22. The van der Waals surface area contributed by atoms with Crippen molar-refractivity contribution in [2.45, 2.75) is 30.3 Å². The molecule has 0 bridgehead atoms. The first-order valence-electron chi connectivity index (χ1n) is 6.08. The molecule has 1 aromatic rings. The van der Waals surface area contributed by atoms with Gasteiger partial charge in [0.2, 0.25) is 5.91 Å². The van der Waals surface area contributed by atoms with Gasteiger partial charge in [-0.15, -0.1) is 0 Å². The van der Waals surface area contributed by atoms with E-state index < -0.39 is 5.54 Å². The number of carbonyl (C=O) groups excluding carboxylic acids is 1. The Kier molecular flexibility index (Phi) is 3.96. The van der Waals surface area contributed by atoms with Crippen molar-refractivity contribution in [2.24, 2.45) is 5.92 Å². The molecule has 0 saturated heterocycles. The van der Waals surface area contributed by atoms with E-state index >= 15 is 0 Å². The molecule has 1 atom stereocenters. The highest BCUT2D eigenvalue weighted by Crippen LogP contribution is 2.39. The van der Waals surface area contributed by atoms with Crippen molar-refractivity contribution in [3.63, 3.8) is 0 Å². The zero-order valence-corrected chi connectivity index (χ0v) is 11.4. The minimum absolute atomic E-state index is 0.135. The van der Waals surface area contributed by atoms with Gasteiger partial charge >= 0.3 is 0 Å². The molecule has 1 fully saturated rings. The van der Waals surface area contributed by atoms with Crippen molar-refractivity contribution < 1.29 is 9.52 Å². The van der Waals surface area contributed by atoms with Gasteiger partial charge in [-0.3, -0.25) is 4.79 Å². The van der Waals surface area contributed by atoms with Gasteiger partial charge in [0, 0.05) is 12.1 Å². The quantitative estimate of drug-likeness (QED) is 0.498. The summed E-state index contributed by atoms with van der Waals surface area (Å²) >= 11 is 1.17. The summed E-state index contributed by atoms with van der Waals surface area (Å²) in [5.41, 5.74) is -0.776. The van der Waals surface area contributed by atoms with Crippen LogP contribution in [0.3, 0.4) is 0 Å². The van der Waals surface area contributed by atoms with Crippen LogP contribution in [0.4, 0.5) is 0 Å². The number of nitriles is 1. The van der Waals surface area contributed by atoms with Gasteiger partial charge in [-0.25, -0.2) is 0 Å². The second-order valence-corrected chi connectivity index (χ2v) is 5.79. The van der Waals surface area contributed by atoms with Gasteiger partial charge in [0.05, 0.1) is 11.8 Å². The summed E-state index contributed by atoms with van der Waals surface area (Å²) in [5.74, 6) is 0.174. The summed E-state index contributed by atoms with van der Waals surface area (Å²) in [6.45, 7) is 1.75. The minimum atomic E-state index is -0.776. The lowest BCUT2D eigenvalue weighted by Gasteiger charge is -2.22. The van der Waals surface area contributed by atoms with E-state index in [1.807, 2.05) is 0 Å². The Morgan fingerprint density at radius 2 is 2.42 bits per heavy atom. The molecule has 1 N–H and O–H groups in total. The van der Waals surface area contributed by atoms with Gasteiger partial charge in [-0.1, -0.05) is 0 Å². The van der Waals surface area contributed by atoms with Crippen LogP contribution in [0.5, 0.6) is 0 Å². The Bertz CT molecular complexity index is 525. The van der Waals surface area contributed by atoms with Crippen LogP contribution in [0.1, 0.15) is 19.8 Å². The second kappa shape index (κ2) is 5.49. The van der Waals surface area contributed by atoms with Gasteiger partial charge in [-0.05, 0) is 43.5 Å². The Hall–Kier alpha value is -1.74. The van der Waals surface area contributed by atoms with Crippen molar-refractivity contribution >= 4 is 17.7 Å². The third kappa shape index (κ3) is 3.38. The molecule has 0 aromatic carbocycles. The maximum Gasteiger partial charge on any atom is 0.251 e. The number of pyridine rings is 1. The Labute approximate surface area is 116 Å². The Morgan fingerprint density at radius 3 is 3.00 bits per heavy atom. The van der Waals surface area contributed by atoms with Crippen molar-refractivity contribution in [1.82, 2.24) is 5.32 Å². The molecule has 6 heteroatoms. The molecule has 1 amide bonds. The van der Waals surface area contributed by atoms with Crippen molar-refractivity contribution in [2.75, 3.05) is 5.75 Å². The number of hydrogen-bond acceptors (Lipinski definition) is 4. The third-order valence-corrected chi connectivity index (χ3v) is 4.18. The molecule has 1 aliphatic carbocycles. The minimum Gasteiger partial charge on any atom is -0.618 e.